The van der Waals surface area contributed by atoms with Crippen molar-refractivity contribution in [1.29, 1.82) is 0 Å². The van der Waals surface area contributed by atoms with E-state index < -0.39 is 11.9 Å². The van der Waals surface area contributed by atoms with Crippen molar-refractivity contribution in [2.75, 3.05) is 19.7 Å². The zero-order chi connectivity index (χ0) is 20.4. The summed E-state index contributed by atoms with van der Waals surface area (Å²) in [5.41, 5.74) is 0.504. The molecule has 1 saturated heterocycles. The predicted octanol–water partition coefficient (Wildman–Crippen LogP) is 3.61. The second-order valence-electron chi connectivity index (χ2n) is 6.35. The van der Waals surface area contributed by atoms with E-state index in [1.54, 1.807) is 0 Å². The first kappa shape index (κ1) is 26.6. The minimum atomic E-state index is -0.983. The average Bonchev–Trinajstić information content (AvgIpc) is 3.49. The lowest BCUT2D eigenvalue weighted by Gasteiger charge is -2.13. The van der Waals surface area contributed by atoms with Gasteiger partial charge in [0, 0.05) is 30.8 Å². The van der Waals surface area contributed by atoms with Gasteiger partial charge in [-0.05, 0) is 31.6 Å². The summed E-state index contributed by atoms with van der Waals surface area (Å²) in [5, 5.41) is 28.1. The van der Waals surface area contributed by atoms with Gasteiger partial charge in [-0.2, -0.15) is 0 Å². The van der Waals surface area contributed by atoms with Crippen molar-refractivity contribution >= 4 is 11.9 Å². The molecule has 0 aliphatic carbocycles. The molecule has 6 heteroatoms. The van der Waals surface area contributed by atoms with Crippen molar-refractivity contribution in [3.8, 4) is 0 Å². The van der Waals surface area contributed by atoms with E-state index in [0.717, 1.165) is 12.8 Å². The van der Waals surface area contributed by atoms with Gasteiger partial charge in [-0.15, -0.1) is 0 Å². The maximum atomic E-state index is 10.5. The predicted molar refractivity (Wildman–Crippen MR) is 105 cm³/mol. The van der Waals surface area contributed by atoms with Crippen LogP contribution in [0.25, 0.3) is 0 Å². The summed E-state index contributed by atoms with van der Waals surface area (Å²) in [6.45, 7) is 13.7. The highest BCUT2D eigenvalue weighted by atomic mass is 16.4. The number of carbonyl (C=O) groups is 2. The molecule has 1 atom stereocenters. The molecule has 0 radical (unpaired) electrons. The molecule has 1 aliphatic rings. The lowest BCUT2D eigenvalue weighted by molar-refractivity contribution is -0.133. The van der Waals surface area contributed by atoms with Crippen LogP contribution in [-0.2, 0) is 9.59 Å². The molecule has 0 aromatic heterocycles. The van der Waals surface area contributed by atoms with Crippen molar-refractivity contribution in [3.63, 3.8) is 0 Å². The number of hydrogen-bond acceptors (Lipinski definition) is 4. The van der Waals surface area contributed by atoms with Crippen molar-refractivity contribution in [2.45, 2.75) is 65.2 Å². The maximum absolute atomic E-state index is 10.5. The van der Waals surface area contributed by atoms with E-state index in [1.807, 2.05) is 0 Å². The standard InChI is InChI=1S/C12H22O2.C6H10O3.C2H5N/c1-4-6-7-11(5-2)9-8-10(3)12(13)14;1-5(6(8)9)3-2-4-7;1-2-3-1/h11H,3-9H2,1-2H3,(H,13,14);7H,1-4H2,(H,8,9);3H,1-2H2. The van der Waals surface area contributed by atoms with Gasteiger partial charge in [0.2, 0.25) is 0 Å². The molecule has 1 aliphatic heterocycles. The van der Waals surface area contributed by atoms with Gasteiger partial charge in [0.1, 0.15) is 0 Å². The first-order valence-electron chi connectivity index (χ1n) is 9.43. The quantitative estimate of drug-likeness (QED) is 0.307. The number of hydrogen-bond donors (Lipinski definition) is 4. The van der Waals surface area contributed by atoms with Crippen LogP contribution in [0.4, 0.5) is 0 Å². The van der Waals surface area contributed by atoms with Gasteiger partial charge >= 0.3 is 11.9 Å². The molecule has 1 rings (SSSR count). The normalized spacial score (nSPS) is 12.6. The number of aliphatic hydroxyl groups is 1. The second kappa shape index (κ2) is 18.1. The molecular formula is C20H37NO5. The fourth-order valence-electron chi connectivity index (χ4n) is 1.93. The fourth-order valence-corrected chi connectivity index (χ4v) is 1.93. The molecule has 26 heavy (non-hydrogen) atoms. The second-order valence-corrected chi connectivity index (χ2v) is 6.35. The third-order valence-electron chi connectivity index (χ3n) is 3.89. The Morgan fingerprint density at radius 1 is 0.962 bits per heavy atom. The van der Waals surface area contributed by atoms with Gasteiger partial charge in [-0.3, -0.25) is 0 Å². The Balaban J connectivity index is 0. The van der Waals surface area contributed by atoms with E-state index in [0.29, 0.717) is 30.8 Å². The van der Waals surface area contributed by atoms with E-state index in [4.69, 9.17) is 15.3 Å². The zero-order valence-corrected chi connectivity index (χ0v) is 16.4. The van der Waals surface area contributed by atoms with Gasteiger partial charge in [-0.25, -0.2) is 9.59 Å². The zero-order valence-electron chi connectivity index (χ0n) is 16.4. The van der Waals surface area contributed by atoms with Gasteiger partial charge in [0.05, 0.1) is 0 Å². The minimum absolute atomic E-state index is 0.0201. The molecule has 152 valence electrons. The molecule has 1 heterocycles. The van der Waals surface area contributed by atoms with E-state index in [2.05, 4.69) is 32.3 Å². The summed E-state index contributed by atoms with van der Waals surface area (Å²) in [5.74, 6) is -1.16. The topological polar surface area (TPSA) is 117 Å². The van der Waals surface area contributed by atoms with Crippen molar-refractivity contribution in [3.05, 3.63) is 24.3 Å². The highest BCUT2D eigenvalue weighted by molar-refractivity contribution is 5.85. The van der Waals surface area contributed by atoms with Crippen molar-refractivity contribution in [1.82, 2.24) is 5.32 Å². The highest BCUT2D eigenvalue weighted by Gasteiger charge is 2.09. The van der Waals surface area contributed by atoms with Gasteiger partial charge in [0.25, 0.3) is 0 Å². The minimum Gasteiger partial charge on any atom is -0.478 e. The molecule has 0 aromatic rings. The number of rotatable bonds is 12. The summed E-state index contributed by atoms with van der Waals surface area (Å²) in [4.78, 5) is 20.5. The van der Waals surface area contributed by atoms with E-state index >= 15 is 0 Å². The van der Waals surface area contributed by atoms with Crippen LogP contribution < -0.4 is 5.32 Å². The van der Waals surface area contributed by atoms with Crippen molar-refractivity contribution < 1.29 is 24.9 Å². The van der Waals surface area contributed by atoms with Gasteiger partial charge in [0.15, 0.2) is 0 Å². The van der Waals surface area contributed by atoms with Crippen LogP contribution in [0.15, 0.2) is 24.3 Å². The molecule has 0 aromatic carbocycles. The van der Waals surface area contributed by atoms with E-state index in [9.17, 15) is 9.59 Å². The maximum Gasteiger partial charge on any atom is 0.330 e. The van der Waals surface area contributed by atoms with E-state index in [-0.39, 0.29) is 12.2 Å². The monoisotopic (exact) mass is 371 g/mol. The van der Waals surface area contributed by atoms with Crippen LogP contribution in [0.1, 0.15) is 65.2 Å². The van der Waals surface area contributed by atoms with Gasteiger partial charge in [-0.1, -0.05) is 52.7 Å². The third kappa shape index (κ3) is 20.4. The van der Waals surface area contributed by atoms with Crippen LogP contribution in [0, 0.1) is 5.92 Å². The Bertz CT molecular complexity index is 416. The van der Waals surface area contributed by atoms with Crippen LogP contribution in [0.3, 0.4) is 0 Å². The number of unbranched alkanes of at least 4 members (excludes halogenated alkanes) is 1. The number of nitrogens with one attached hydrogen (secondary N) is 1. The number of aliphatic hydroxyl groups excluding tert-OH is 1. The SMILES string of the molecule is C1CN1.C=C(CCC(CC)CCCC)C(=O)O.C=C(CCCO)C(=O)O. The number of carboxylic acids is 2. The molecule has 0 saturated carbocycles. The number of aliphatic carboxylic acids is 2. The smallest absolute Gasteiger partial charge is 0.330 e. The average molecular weight is 372 g/mol. The number of carboxylic acid groups (broad SMARTS) is 2. The van der Waals surface area contributed by atoms with E-state index in [1.165, 1.54) is 32.4 Å². The Hall–Kier alpha value is -1.66. The largest absolute Gasteiger partial charge is 0.478 e. The first-order valence-corrected chi connectivity index (χ1v) is 9.43. The summed E-state index contributed by atoms with van der Waals surface area (Å²) >= 11 is 0. The Labute approximate surface area is 158 Å². The molecule has 1 fully saturated rings. The summed E-state index contributed by atoms with van der Waals surface area (Å²) in [6.07, 6.45) is 7.29. The molecular weight excluding hydrogens is 334 g/mol. The fraction of sp³-hybridized carbons (Fsp3) is 0.700. The Morgan fingerprint density at radius 2 is 1.46 bits per heavy atom. The van der Waals surface area contributed by atoms with Crippen LogP contribution >= 0.6 is 0 Å². The Kier molecular flexibility index (Phi) is 18.5. The molecule has 0 amide bonds. The highest BCUT2D eigenvalue weighted by Crippen LogP contribution is 2.20. The lowest BCUT2D eigenvalue weighted by atomic mass is 9.93. The molecule has 6 nitrogen and oxygen atoms in total. The van der Waals surface area contributed by atoms with Crippen LogP contribution in [-0.4, -0.2) is 47.0 Å². The molecule has 1 unspecified atom stereocenters. The first-order chi connectivity index (χ1) is 12.3. The van der Waals surface area contributed by atoms with Crippen molar-refractivity contribution in [2.24, 2.45) is 5.92 Å². The Morgan fingerprint density at radius 3 is 1.81 bits per heavy atom. The van der Waals surface area contributed by atoms with Gasteiger partial charge < -0.3 is 20.6 Å². The summed E-state index contributed by atoms with van der Waals surface area (Å²) in [6, 6.07) is 0. The van der Waals surface area contributed by atoms with Crippen LogP contribution in [0.2, 0.25) is 0 Å². The lowest BCUT2D eigenvalue weighted by Crippen LogP contribution is -2.04. The molecule has 0 spiro atoms. The third-order valence-corrected chi connectivity index (χ3v) is 3.89. The molecule has 4 N–H and O–H groups in total. The summed E-state index contributed by atoms with van der Waals surface area (Å²) < 4.78 is 0. The summed E-state index contributed by atoms with van der Waals surface area (Å²) in [7, 11) is 0. The van der Waals surface area contributed by atoms with Crippen LogP contribution in [0.5, 0.6) is 0 Å². The molecule has 0 bridgehead atoms.